The lowest BCUT2D eigenvalue weighted by Crippen LogP contribution is -2.41. The molecule has 4 rings (SSSR count). The lowest BCUT2D eigenvalue weighted by molar-refractivity contribution is -0.00257. The fourth-order valence-corrected chi connectivity index (χ4v) is 4.41. The largest absolute Gasteiger partial charge is 0.390 e. The number of amides is 1. The predicted molar refractivity (Wildman–Crippen MR) is 116 cm³/mol. The molecule has 1 fully saturated rings. The van der Waals surface area contributed by atoms with Crippen LogP contribution in [0.3, 0.4) is 0 Å². The molecule has 1 aliphatic rings. The monoisotopic (exact) mass is 391 g/mol. The molecule has 5 heteroatoms. The summed E-state index contributed by atoms with van der Waals surface area (Å²) in [7, 11) is 0. The van der Waals surface area contributed by atoms with Gasteiger partial charge in [0.2, 0.25) is 0 Å². The molecule has 0 bridgehead atoms. The summed E-state index contributed by atoms with van der Waals surface area (Å²) >= 11 is 0. The molecule has 0 radical (unpaired) electrons. The number of H-pyrrole nitrogens is 1. The number of nitrogens with one attached hydrogen (secondary N) is 2. The zero-order valence-electron chi connectivity index (χ0n) is 17.3. The van der Waals surface area contributed by atoms with E-state index in [1.807, 2.05) is 63.5 Å². The standard InChI is InChI=1S/C24H29N3O2/c1-15-14-26-22(20-12-13-25-21(15)20)16-4-6-17(7-5-16)23(28)27-19-10-8-18(9-11-19)24(2,3)29/h4-7,12-14,18-19,25,29H,8-11H2,1-3H3,(H,27,28). The van der Waals surface area contributed by atoms with Gasteiger partial charge < -0.3 is 15.4 Å². The van der Waals surface area contributed by atoms with Gasteiger partial charge in [0, 0.05) is 34.9 Å². The summed E-state index contributed by atoms with van der Waals surface area (Å²) in [6.45, 7) is 5.79. The summed E-state index contributed by atoms with van der Waals surface area (Å²) in [5, 5.41) is 14.4. The number of aromatic amines is 1. The molecule has 0 spiro atoms. The van der Waals surface area contributed by atoms with E-state index in [1.165, 1.54) is 0 Å². The number of hydrogen-bond acceptors (Lipinski definition) is 3. The molecule has 1 aromatic carbocycles. The summed E-state index contributed by atoms with van der Waals surface area (Å²) in [5.74, 6) is 0.272. The third-order valence-electron chi connectivity index (χ3n) is 6.27. The van der Waals surface area contributed by atoms with E-state index < -0.39 is 5.60 Å². The van der Waals surface area contributed by atoms with Gasteiger partial charge in [0.05, 0.1) is 16.8 Å². The predicted octanol–water partition coefficient (Wildman–Crippen LogP) is 4.60. The fraction of sp³-hybridized carbons (Fsp3) is 0.417. The molecule has 0 saturated heterocycles. The van der Waals surface area contributed by atoms with Crippen molar-refractivity contribution in [1.82, 2.24) is 15.3 Å². The quantitative estimate of drug-likeness (QED) is 0.608. The van der Waals surface area contributed by atoms with E-state index in [4.69, 9.17) is 0 Å². The second-order valence-corrected chi connectivity index (χ2v) is 8.81. The lowest BCUT2D eigenvalue weighted by Gasteiger charge is -2.36. The third-order valence-corrected chi connectivity index (χ3v) is 6.27. The average molecular weight is 392 g/mol. The van der Waals surface area contributed by atoms with Crippen LogP contribution in [0, 0.1) is 12.8 Å². The van der Waals surface area contributed by atoms with Crippen LogP contribution in [0.15, 0.2) is 42.7 Å². The number of benzene rings is 1. The van der Waals surface area contributed by atoms with Crippen LogP contribution in [0.25, 0.3) is 22.2 Å². The van der Waals surface area contributed by atoms with Crippen molar-refractivity contribution in [3.63, 3.8) is 0 Å². The second-order valence-electron chi connectivity index (χ2n) is 8.81. The molecule has 1 aliphatic carbocycles. The molecule has 1 saturated carbocycles. The first kappa shape index (κ1) is 19.6. The van der Waals surface area contributed by atoms with Crippen molar-refractivity contribution in [2.75, 3.05) is 0 Å². The summed E-state index contributed by atoms with van der Waals surface area (Å²) < 4.78 is 0. The molecular formula is C24H29N3O2. The van der Waals surface area contributed by atoms with Gasteiger partial charge in [-0.1, -0.05) is 12.1 Å². The van der Waals surface area contributed by atoms with Gasteiger partial charge in [-0.05, 0) is 76.1 Å². The molecule has 5 nitrogen and oxygen atoms in total. The Labute approximate surface area is 171 Å². The van der Waals surface area contributed by atoms with Gasteiger partial charge in [-0.3, -0.25) is 9.78 Å². The molecule has 29 heavy (non-hydrogen) atoms. The number of aryl methyl sites for hydroxylation is 1. The molecular weight excluding hydrogens is 362 g/mol. The van der Waals surface area contributed by atoms with Crippen molar-refractivity contribution in [3.8, 4) is 11.3 Å². The molecule has 2 aromatic heterocycles. The van der Waals surface area contributed by atoms with E-state index in [1.54, 1.807) is 0 Å². The topological polar surface area (TPSA) is 78.0 Å². The van der Waals surface area contributed by atoms with Crippen molar-refractivity contribution >= 4 is 16.8 Å². The highest BCUT2D eigenvalue weighted by atomic mass is 16.3. The van der Waals surface area contributed by atoms with Crippen molar-refractivity contribution in [2.45, 2.75) is 58.1 Å². The number of carbonyl (C=O) groups is 1. The average Bonchev–Trinajstić information content (AvgIpc) is 3.19. The Morgan fingerprint density at radius 3 is 2.48 bits per heavy atom. The molecule has 3 N–H and O–H groups in total. The Morgan fingerprint density at radius 2 is 1.83 bits per heavy atom. The van der Waals surface area contributed by atoms with Gasteiger partial charge in [-0.2, -0.15) is 0 Å². The number of hydrogen-bond donors (Lipinski definition) is 3. The molecule has 1 amide bonds. The number of carbonyl (C=O) groups excluding carboxylic acids is 1. The maximum atomic E-state index is 12.7. The molecule has 0 atom stereocenters. The molecule has 2 heterocycles. The van der Waals surface area contributed by atoms with Gasteiger partial charge in [-0.15, -0.1) is 0 Å². The van der Waals surface area contributed by atoms with Gasteiger partial charge in [-0.25, -0.2) is 0 Å². The summed E-state index contributed by atoms with van der Waals surface area (Å²) in [6.07, 6.45) is 7.52. The summed E-state index contributed by atoms with van der Waals surface area (Å²) in [5.41, 5.74) is 4.15. The van der Waals surface area contributed by atoms with Crippen molar-refractivity contribution in [3.05, 3.63) is 53.9 Å². The Morgan fingerprint density at radius 1 is 1.14 bits per heavy atom. The van der Waals surface area contributed by atoms with E-state index in [2.05, 4.69) is 15.3 Å². The van der Waals surface area contributed by atoms with Crippen LogP contribution >= 0.6 is 0 Å². The van der Waals surface area contributed by atoms with Gasteiger partial charge in [0.1, 0.15) is 0 Å². The Hall–Kier alpha value is -2.66. The summed E-state index contributed by atoms with van der Waals surface area (Å²) in [4.78, 5) is 20.5. The third kappa shape index (κ3) is 4.06. The van der Waals surface area contributed by atoms with Crippen LogP contribution in [-0.2, 0) is 0 Å². The van der Waals surface area contributed by atoms with Crippen LogP contribution in [0.5, 0.6) is 0 Å². The van der Waals surface area contributed by atoms with Crippen LogP contribution in [0.4, 0.5) is 0 Å². The van der Waals surface area contributed by atoms with Crippen LogP contribution in [-0.4, -0.2) is 32.6 Å². The maximum absolute atomic E-state index is 12.7. The van der Waals surface area contributed by atoms with Crippen molar-refractivity contribution in [1.29, 1.82) is 0 Å². The van der Waals surface area contributed by atoms with Crippen molar-refractivity contribution in [2.24, 2.45) is 5.92 Å². The first-order valence-electron chi connectivity index (χ1n) is 10.4. The first-order chi connectivity index (χ1) is 13.8. The SMILES string of the molecule is Cc1cnc(-c2ccc(C(=O)NC3CCC(C(C)(C)O)CC3)cc2)c2cc[nH]c12. The number of aromatic nitrogens is 2. The number of rotatable bonds is 4. The van der Waals surface area contributed by atoms with Gasteiger partial charge >= 0.3 is 0 Å². The van der Waals surface area contributed by atoms with Crippen LogP contribution < -0.4 is 5.32 Å². The fourth-order valence-electron chi connectivity index (χ4n) is 4.41. The highest BCUT2D eigenvalue weighted by Crippen LogP contribution is 2.33. The lowest BCUT2D eigenvalue weighted by atomic mass is 9.77. The molecule has 3 aromatic rings. The van der Waals surface area contributed by atoms with Gasteiger partial charge in [0.25, 0.3) is 5.91 Å². The number of pyridine rings is 1. The second kappa shape index (κ2) is 7.64. The van der Waals surface area contributed by atoms with E-state index >= 15 is 0 Å². The Bertz CT molecular complexity index is 1010. The molecule has 152 valence electrons. The smallest absolute Gasteiger partial charge is 0.251 e. The minimum absolute atomic E-state index is 0.0353. The summed E-state index contributed by atoms with van der Waals surface area (Å²) in [6, 6.07) is 9.88. The minimum atomic E-state index is -0.639. The van der Waals surface area contributed by atoms with Crippen molar-refractivity contribution < 1.29 is 9.90 Å². The molecule has 0 aliphatic heterocycles. The van der Waals surface area contributed by atoms with E-state index in [0.29, 0.717) is 11.5 Å². The van der Waals surface area contributed by atoms with Crippen LogP contribution in [0.2, 0.25) is 0 Å². The van der Waals surface area contributed by atoms with E-state index in [-0.39, 0.29) is 11.9 Å². The zero-order valence-corrected chi connectivity index (χ0v) is 17.3. The maximum Gasteiger partial charge on any atom is 0.251 e. The minimum Gasteiger partial charge on any atom is -0.390 e. The molecule has 0 unspecified atom stereocenters. The number of nitrogens with zero attached hydrogens (tertiary/aromatic N) is 1. The zero-order chi connectivity index (χ0) is 20.6. The Kier molecular flexibility index (Phi) is 5.17. The van der Waals surface area contributed by atoms with Gasteiger partial charge in [0.15, 0.2) is 0 Å². The van der Waals surface area contributed by atoms with E-state index in [9.17, 15) is 9.90 Å². The number of fused-ring (bicyclic) bond motifs is 1. The first-order valence-corrected chi connectivity index (χ1v) is 10.4. The van der Waals surface area contributed by atoms with E-state index in [0.717, 1.165) is 53.4 Å². The Balaban J connectivity index is 1.44. The number of aliphatic hydroxyl groups is 1. The normalized spacial score (nSPS) is 20.0. The highest BCUT2D eigenvalue weighted by Gasteiger charge is 2.31. The highest BCUT2D eigenvalue weighted by molar-refractivity contribution is 5.97. The van der Waals surface area contributed by atoms with Crippen LogP contribution in [0.1, 0.15) is 55.5 Å².